The second-order valence-corrected chi connectivity index (χ2v) is 6.08. The number of aromatic nitrogens is 1. The van der Waals surface area contributed by atoms with Crippen LogP contribution in [0.25, 0.3) is 0 Å². The minimum Gasteiger partial charge on any atom is -0.385 e. The Morgan fingerprint density at radius 2 is 2.00 bits per heavy atom. The summed E-state index contributed by atoms with van der Waals surface area (Å²) in [6, 6.07) is 4.04. The van der Waals surface area contributed by atoms with Gasteiger partial charge in [-0.15, -0.1) is 0 Å². The van der Waals surface area contributed by atoms with Gasteiger partial charge in [0.15, 0.2) is 0 Å². The van der Waals surface area contributed by atoms with Gasteiger partial charge in [0.1, 0.15) is 0 Å². The molecule has 1 N–H and O–H groups in total. The summed E-state index contributed by atoms with van der Waals surface area (Å²) in [7, 11) is 1.69. The Labute approximate surface area is 122 Å². The van der Waals surface area contributed by atoms with Crippen LogP contribution in [0.2, 0.25) is 0 Å². The Kier molecular flexibility index (Phi) is 6.43. The molecule has 0 aliphatic heterocycles. The number of nitrogens with one attached hydrogen (secondary N) is 1. The minimum atomic E-state index is -0.0387. The molecule has 0 saturated heterocycles. The molecule has 4 nitrogen and oxygen atoms in total. The SMILES string of the molecule is CCNCc1ccc(C(C)(C)C)n(CCCOC)c1=O. The highest BCUT2D eigenvalue weighted by molar-refractivity contribution is 5.21. The van der Waals surface area contributed by atoms with Crippen LogP contribution in [0.4, 0.5) is 0 Å². The zero-order chi connectivity index (χ0) is 15.2. The van der Waals surface area contributed by atoms with Crippen molar-refractivity contribution in [2.24, 2.45) is 0 Å². The Hall–Kier alpha value is -1.13. The second kappa shape index (κ2) is 7.60. The van der Waals surface area contributed by atoms with Crippen LogP contribution in [-0.4, -0.2) is 24.8 Å². The van der Waals surface area contributed by atoms with E-state index in [0.29, 0.717) is 19.7 Å². The molecule has 0 unspecified atom stereocenters. The summed E-state index contributed by atoms with van der Waals surface area (Å²) in [6.45, 7) is 11.3. The molecule has 1 aromatic heterocycles. The molecule has 0 fully saturated rings. The average Bonchev–Trinajstić information content (AvgIpc) is 2.38. The van der Waals surface area contributed by atoms with E-state index in [0.717, 1.165) is 24.2 Å². The fourth-order valence-electron chi connectivity index (χ4n) is 2.26. The second-order valence-electron chi connectivity index (χ2n) is 6.08. The van der Waals surface area contributed by atoms with Crippen molar-refractivity contribution in [3.05, 3.63) is 33.7 Å². The van der Waals surface area contributed by atoms with Gasteiger partial charge in [0, 0.05) is 43.5 Å². The molecule has 0 radical (unpaired) electrons. The van der Waals surface area contributed by atoms with Crippen molar-refractivity contribution in [2.45, 2.75) is 52.6 Å². The molecular formula is C16H28N2O2. The van der Waals surface area contributed by atoms with Gasteiger partial charge in [0.05, 0.1) is 0 Å². The van der Waals surface area contributed by atoms with Gasteiger partial charge in [-0.2, -0.15) is 0 Å². The first kappa shape index (κ1) is 16.9. The molecule has 0 amide bonds. The number of nitrogens with zero attached hydrogens (tertiary/aromatic N) is 1. The molecular weight excluding hydrogens is 252 g/mol. The summed E-state index contributed by atoms with van der Waals surface area (Å²) in [6.07, 6.45) is 0.851. The van der Waals surface area contributed by atoms with Crippen LogP contribution in [0.3, 0.4) is 0 Å². The van der Waals surface area contributed by atoms with Gasteiger partial charge in [-0.05, 0) is 19.0 Å². The van der Waals surface area contributed by atoms with E-state index in [2.05, 4.69) is 32.2 Å². The van der Waals surface area contributed by atoms with Crippen molar-refractivity contribution in [2.75, 3.05) is 20.3 Å². The van der Waals surface area contributed by atoms with Crippen LogP contribution in [0.5, 0.6) is 0 Å². The summed E-state index contributed by atoms with van der Waals surface area (Å²) < 4.78 is 7.00. The molecule has 1 heterocycles. The number of rotatable bonds is 7. The van der Waals surface area contributed by atoms with Crippen molar-refractivity contribution >= 4 is 0 Å². The van der Waals surface area contributed by atoms with Crippen LogP contribution in [0.1, 0.15) is 45.4 Å². The highest BCUT2D eigenvalue weighted by atomic mass is 16.5. The zero-order valence-electron chi connectivity index (χ0n) is 13.5. The van der Waals surface area contributed by atoms with Crippen LogP contribution in [0, 0.1) is 0 Å². The van der Waals surface area contributed by atoms with E-state index in [9.17, 15) is 4.79 Å². The Bertz CT molecular complexity index is 472. The molecule has 20 heavy (non-hydrogen) atoms. The average molecular weight is 280 g/mol. The molecule has 0 atom stereocenters. The van der Waals surface area contributed by atoms with Gasteiger partial charge in [-0.1, -0.05) is 33.8 Å². The van der Waals surface area contributed by atoms with Crippen LogP contribution >= 0.6 is 0 Å². The third kappa shape index (κ3) is 4.46. The lowest BCUT2D eigenvalue weighted by molar-refractivity contribution is 0.189. The molecule has 0 bridgehead atoms. The number of methoxy groups -OCH3 is 1. The molecule has 0 aromatic carbocycles. The molecule has 114 valence electrons. The Morgan fingerprint density at radius 3 is 2.55 bits per heavy atom. The maximum Gasteiger partial charge on any atom is 0.255 e. The number of pyridine rings is 1. The third-order valence-electron chi connectivity index (χ3n) is 3.32. The Balaban J connectivity index is 3.13. The van der Waals surface area contributed by atoms with Gasteiger partial charge >= 0.3 is 0 Å². The molecule has 4 heteroatoms. The lowest BCUT2D eigenvalue weighted by atomic mass is 9.90. The predicted octanol–water partition coefficient (Wildman–Crippen LogP) is 2.29. The van der Waals surface area contributed by atoms with Crippen LogP contribution < -0.4 is 10.9 Å². The summed E-state index contributed by atoms with van der Waals surface area (Å²) >= 11 is 0. The van der Waals surface area contributed by atoms with E-state index < -0.39 is 0 Å². The fraction of sp³-hybridized carbons (Fsp3) is 0.688. The smallest absolute Gasteiger partial charge is 0.255 e. The summed E-state index contributed by atoms with van der Waals surface area (Å²) in [5.41, 5.74) is 1.99. The minimum absolute atomic E-state index is 0.0387. The predicted molar refractivity (Wildman–Crippen MR) is 83.3 cm³/mol. The molecule has 0 saturated carbocycles. The van der Waals surface area contributed by atoms with Gasteiger partial charge in [0.25, 0.3) is 5.56 Å². The quantitative estimate of drug-likeness (QED) is 0.779. The first-order valence-corrected chi connectivity index (χ1v) is 7.34. The molecule has 1 rings (SSSR count). The van der Waals surface area contributed by atoms with E-state index in [-0.39, 0.29) is 11.0 Å². The fourth-order valence-corrected chi connectivity index (χ4v) is 2.26. The first-order valence-electron chi connectivity index (χ1n) is 7.34. The maximum atomic E-state index is 12.6. The highest BCUT2D eigenvalue weighted by Gasteiger charge is 2.19. The van der Waals surface area contributed by atoms with Crippen molar-refractivity contribution < 1.29 is 4.74 Å². The third-order valence-corrected chi connectivity index (χ3v) is 3.32. The summed E-state index contributed by atoms with van der Waals surface area (Å²) in [5.74, 6) is 0. The van der Waals surface area contributed by atoms with Crippen molar-refractivity contribution in [1.82, 2.24) is 9.88 Å². The largest absolute Gasteiger partial charge is 0.385 e. The highest BCUT2D eigenvalue weighted by Crippen LogP contribution is 2.21. The summed E-state index contributed by atoms with van der Waals surface area (Å²) in [4.78, 5) is 12.6. The van der Waals surface area contributed by atoms with E-state index in [1.807, 2.05) is 17.6 Å². The van der Waals surface area contributed by atoms with Gasteiger partial charge in [-0.3, -0.25) is 4.79 Å². The standard InChI is InChI=1S/C16H28N2O2/c1-6-17-12-13-8-9-14(16(2,3)4)18(15(13)19)10-7-11-20-5/h8-9,17H,6-7,10-12H2,1-5H3. The van der Waals surface area contributed by atoms with Gasteiger partial charge in [-0.25, -0.2) is 0 Å². The number of hydrogen-bond donors (Lipinski definition) is 1. The summed E-state index contributed by atoms with van der Waals surface area (Å²) in [5, 5.41) is 3.22. The lowest BCUT2D eigenvalue weighted by Crippen LogP contribution is -2.33. The van der Waals surface area contributed by atoms with Crippen molar-refractivity contribution in [1.29, 1.82) is 0 Å². The van der Waals surface area contributed by atoms with Crippen molar-refractivity contribution in [3.8, 4) is 0 Å². The van der Waals surface area contributed by atoms with E-state index in [1.165, 1.54) is 0 Å². The topological polar surface area (TPSA) is 43.3 Å². The van der Waals surface area contributed by atoms with E-state index in [4.69, 9.17) is 4.74 Å². The molecule has 0 aliphatic carbocycles. The van der Waals surface area contributed by atoms with E-state index >= 15 is 0 Å². The van der Waals surface area contributed by atoms with Crippen molar-refractivity contribution in [3.63, 3.8) is 0 Å². The monoisotopic (exact) mass is 280 g/mol. The Morgan fingerprint density at radius 1 is 1.30 bits per heavy atom. The molecule has 0 spiro atoms. The molecule has 0 aliphatic rings. The molecule has 1 aromatic rings. The first-order chi connectivity index (χ1) is 9.41. The van der Waals surface area contributed by atoms with Crippen LogP contribution in [0.15, 0.2) is 16.9 Å². The normalized spacial score (nSPS) is 11.8. The maximum absolute atomic E-state index is 12.6. The lowest BCUT2D eigenvalue weighted by Gasteiger charge is -2.25. The zero-order valence-corrected chi connectivity index (χ0v) is 13.5. The van der Waals surface area contributed by atoms with Crippen LogP contribution in [-0.2, 0) is 23.2 Å². The number of hydrogen-bond acceptors (Lipinski definition) is 3. The van der Waals surface area contributed by atoms with Gasteiger partial charge in [0.2, 0.25) is 0 Å². The number of ether oxygens (including phenoxy) is 1. The van der Waals surface area contributed by atoms with Gasteiger partial charge < -0.3 is 14.6 Å². The van der Waals surface area contributed by atoms with E-state index in [1.54, 1.807) is 7.11 Å².